The molecule has 2 aromatic rings. The van der Waals surface area contributed by atoms with Crippen LogP contribution in [-0.2, 0) is 65.6 Å². The minimum Gasteiger partial charge on any atom is -0.508 e. The zero-order valence-electron chi connectivity index (χ0n) is 43.6. The summed E-state index contributed by atoms with van der Waals surface area (Å²) in [7, 11) is 2.36. The van der Waals surface area contributed by atoms with Gasteiger partial charge in [0.1, 0.15) is 48.0 Å². The SMILES string of the molecule is CCC1(CC)CC(=O)N[C@@H](Cc2ccc(O)cc2)C(=O)N[C@H](Cc2ccccc2)C(=O)N[C@@H](CCC(N)=O)C(=O)N[C@H](CC(N)=O)C(=O)N[C@@H](C(=O)N2CCC[C@H]2C(=O)N[C@H](CCCN=C(N)N)C(=O)NCC(N)=O)CSS1. The van der Waals surface area contributed by atoms with Crippen molar-refractivity contribution in [2.75, 3.05) is 25.4 Å². The van der Waals surface area contributed by atoms with Crippen molar-refractivity contribution in [3.05, 3.63) is 65.7 Å². The molecule has 4 rings (SSSR count). The van der Waals surface area contributed by atoms with Gasteiger partial charge in [0.2, 0.25) is 65.0 Å². The summed E-state index contributed by atoms with van der Waals surface area (Å²) in [6, 6.07) is 4.51. The van der Waals surface area contributed by atoms with Crippen molar-refractivity contribution in [1.82, 2.24) is 42.1 Å². The Bertz CT molecular complexity index is 2500. The van der Waals surface area contributed by atoms with Crippen LogP contribution in [0.2, 0.25) is 0 Å². The predicted molar refractivity (Wildman–Crippen MR) is 291 cm³/mol. The minimum absolute atomic E-state index is 0.00946. The van der Waals surface area contributed by atoms with Crippen LogP contribution in [0.1, 0.15) is 89.2 Å². The van der Waals surface area contributed by atoms with Gasteiger partial charge in [0, 0.05) is 49.3 Å². The van der Waals surface area contributed by atoms with Crippen LogP contribution in [0.15, 0.2) is 59.6 Å². The van der Waals surface area contributed by atoms with Gasteiger partial charge in [0.25, 0.3) is 0 Å². The van der Waals surface area contributed by atoms with Crippen LogP contribution in [0.3, 0.4) is 0 Å². The van der Waals surface area contributed by atoms with Gasteiger partial charge in [0.05, 0.1) is 13.0 Å². The minimum atomic E-state index is -1.78. The van der Waals surface area contributed by atoms with Crippen molar-refractivity contribution < 1.29 is 57.8 Å². The Labute approximate surface area is 459 Å². The third-order valence-corrected chi connectivity index (χ3v) is 16.5. The smallest absolute Gasteiger partial charge is 0.246 e. The lowest BCUT2D eigenvalue weighted by Gasteiger charge is -2.33. The van der Waals surface area contributed by atoms with Crippen molar-refractivity contribution in [2.45, 2.75) is 138 Å². The molecule has 0 spiro atoms. The monoisotopic (exact) mass is 1120 g/mol. The van der Waals surface area contributed by atoms with Crippen LogP contribution in [0.4, 0.5) is 0 Å². The lowest BCUT2D eigenvalue weighted by atomic mass is 9.96. The number of likely N-dealkylation sites (tertiary alicyclic amines) is 1. The van der Waals surface area contributed by atoms with E-state index in [2.05, 4.69) is 42.2 Å². The molecule has 2 saturated heterocycles. The molecule has 2 fully saturated rings. The number of aromatic hydroxyl groups is 1. The molecule has 2 aliphatic heterocycles. The Morgan fingerprint density at radius 3 is 1.95 bits per heavy atom. The second kappa shape index (κ2) is 31.0. The van der Waals surface area contributed by atoms with E-state index >= 15 is 0 Å². The highest BCUT2D eigenvalue weighted by molar-refractivity contribution is 8.77. The number of guanidine groups is 1. The Kier molecular flexibility index (Phi) is 25.0. The first-order chi connectivity index (χ1) is 37.0. The van der Waals surface area contributed by atoms with Crippen LogP contribution >= 0.6 is 21.6 Å². The molecule has 0 aliphatic carbocycles. The largest absolute Gasteiger partial charge is 0.508 e. The Hall–Kier alpha value is -7.62. The van der Waals surface area contributed by atoms with E-state index in [1.165, 1.54) is 27.8 Å². The number of phenolic OH excluding ortho intramolecular Hbond substituents is 1. The van der Waals surface area contributed by atoms with E-state index in [1.54, 1.807) is 42.5 Å². The van der Waals surface area contributed by atoms with Gasteiger partial charge in [0.15, 0.2) is 5.96 Å². The zero-order chi connectivity index (χ0) is 57.5. The molecule has 0 radical (unpaired) electrons. The van der Waals surface area contributed by atoms with Gasteiger partial charge in [-0.15, -0.1) is 0 Å². The summed E-state index contributed by atoms with van der Waals surface area (Å²) in [6.45, 7) is 3.29. The van der Waals surface area contributed by atoms with Crippen molar-refractivity contribution in [3.63, 3.8) is 0 Å². The van der Waals surface area contributed by atoms with Crippen molar-refractivity contribution in [1.29, 1.82) is 0 Å². The molecule has 26 nitrogen and oxygen atoms in total. The highest BCUT2D eigenvalue weighted by Crippen LogP contribution is 2.44. The van der Waals surface area contributed by atoms with Crippen LogP contribution < -0.4 is 65.9 Å². The Morgan fingerprint density at radius 2 is 1.35 bits per heavy atom. The molecule has 0 aromatic heterocycles. The number of aliphatic imine (C=N–C) groups is 1. The fraction of sp³-hybridized carbons (Fsp3) is 0.520. The molecule has 78 heavy (non-hydrogen) atoms. The van der Waals surface area contributed by atoms with Crippen molar-refractivity contribution in [2.24, 2.45) is 33.7 Å². The standard InChI is InChI=1S/C50H72N14O12S2/c1-3-50(4-2)25-41(69)58-33(23-29-14-16-30(65)17-15-29)44(72)61-34(22-28-10-6-5-7-11-28)45(73)59-32(18-19-38(51)66)43(71)62-35(24-39(52)67)46(74)63-36(27-77-78-50)48(76)64-21-9-13-37(64)47(75)60-31(12-8-20-56-49(54)55)42(70)57-26-40(53)68/h5-7,10-11,14-17,31-37,65H,3-4,8-9,12-13,18-27H2,1-2H3,(H2,51,66)(H2,52,67)(H2,53,68)(H,57,70)(H,58,69)(H,59,73)(H,60,75)(H,61,72)(H,62,71)(H,63,74)(H4,54,55,56)/t31-,32+,33+,34-,35-,36-,37+/m1/s1. The lowest BCUT2D eigenvalue weighted by Crippen LogP contribution is -2.61. The van der Waals surface area contributed by atoms with E-state index in [-0.39, 0.29) is 69.1 Å². The molecule has 0 bridgehead atoms. The number of carbonyl (C=O) groups is 11. The number of carbonyl (C=O) groups excluding carboxylic acids is 11. The average molecular weight is 1130 g/mol. The summed E-state index contributed by atoms with van der Waals surface area (Å²) >= 11 is 0. The number of rotatable bonds is 21. The number of primary amides is 3. The van der Waals surface area contributed by atoms with E-state index in [1.807, 2.05) is 13.8 Å². The Balaban J connectivity index is 1.78. The second-order valence-electron chi connectivity index (χ2n) is 18.9. The van der Waals surface area contributed by atoms with Gasteiger partial charge < -0.3 is 75.9 Å². The third kappa shape index (κ3) is 20.4. The van der Waals surface area contributed by atoms with Crippen molar-refractivity contribution in [3.8, 4) is 5.75 Å². The fourth-order valence-corrected chi connectivity index (χ4v) is 12.0. The molecule has 11 amide bonds. The van der Waals surface area contributed by atoms with Gasteiger partial charge in [-0.2, -0.15) is 0 Å². The number of hydrogen-bond acceptors (Lipinski definition) is 15. The molecule has 2 heterocycles. The van der Waals surface area contributed by atoms with E-state index in [9.17, 15) is 57.8 Å². The summed E-state index contributed by atoms with van der Waals surface area (Å²) in [4.78, 5) is 155. The normalized spacial score (nSPS) is 21.9. The summed E-state index contributed by atoms with van der Waals surface area (Å²) < 4.78 is -0.855. The molecular weight excluding hydrogens is 1050 g/mol. The number of nitrogens with two attached hydrogens (primary N) is 5. The number of hydrogen-bond donors (Lipinski definition) is 13. The molecule has 28 heteroatoms. The number of phenols is 1. The van der Waals surface area contributed by atoms with Crippen LogP contribution in [0, 0.1) is 0 Å². The maximum Gasteiger partial charge on any atom is 0.246 e. The van der Waals surface area contributed by atoms with Gasteiger partial charge in [-0.25, -0.2) is 0 Å². The first-order valence-corrected chi connectivity index (χ1v) is 27.8. The number of nitrogens with one attached hydrogen (secondary N) is 7. The van der Waals surface area contributed by atoms with Crippen LogP contribution in [0.25, 0.3) is 0 Å². The van der Waals surface area contributed by atoms with E-state index < -0.39 is 138 Å². The second-order valence-corrected chi connectivity index (χ2v) is 21.7. The summed E-state index contributed by atoms with van der Waals surface area (Å²) in [5, 5.41) is 28.2. The molecule has 2 aromatic carbocycles. The van der Waals surface area contributed by atoms with Gasteiger partial charge in [-0.1, -0.05) is 77.9 Å². The summed E-state index contributed by atoms with van der Waals surface area (Å²) in [5.41, 5.74) is 28.3. The first-order valence-electron chi connectivity index (χ1n) is 25.5. The average Bonchev–Trinajstić information content (AvgIpc) is 3.91. The maximum atomic E-state index is 14.9. The van der Waals surface area contributed by atoms with Gasteiger partial charge in [-0.3, -0.25) is 57.7 Å². The maximum absolute atomic E-state index is 14.9. The topological polar surface area (TPSA) is 438 Å². The number of benzene rings is 2. The van der Waals surface area contributed by atoms with Gasteiger partial charge >= 0.3 is 0 Å². The summed E-state index contributed by atoms with van der Waals surface area (Å²) in [5.74, 6) is -9.84. The third-order valence-electron chi connectivity index (χ3n) is 13.0. The molecule has 18 N–H and O–H groups in total. The quantitative estimate of drug-likeness (QED) is 0.0260. The molecule has 7 atom stereocenters. The number of amides is 11. The molecule has 2 aliphatic rings. The lowest BCUT2D eigenvalue weighted by molar-refractivity contribution is -0.142. The van der Waals surface area contributed by atoms with E-state index in [0.29, 0.717) is 30.4 Å². The fourth-order valence-electron chi connectivity index (χ4n) is 8.62. The highest BCUT2D eigenvalue weighted by Gasteiger charge is 2.41. The predicted octanol–water partition coefficient (Wildman–Crippen LogP) is -2.78. The van der Waals surface area contributed by atoms with E-state index in [0.717, 1.165) is 10.8 Å². The first kappa shape index (κ1) is 62.9. The Morgan fingerprint density at radius 1 is 0.756 bits per heavy atom. The summed E-state index contributed by atoms with van der Waals surface area (Å²) in [6.07, 6.45) is -0.590. The number of nitrogens with zero attached hydrogens (tertiary/aromatic N) is 2. The van der Waals surface area contributed by atoms with Crippen molar-refractivity contribution >= 4 is 92.5 Å². The van der Waals surface area contributed by atoms with Gasteiger partial charge in [-0.05, 0) is 68.2 Å². The molecule has 0 saturated carbocycles. The zero-order valence-corrected chi connectivity index (χ0v) is 45.2. The molecular formula is C50H72N14O12S2. The van der Waals surface area contributed by atoms with Crippen LogP contribution in [0.5, 0.6) is 5.75 Å². The van der Waals surface area contributed by atoms with E-state index in [4.69, 9.17) is 28.7 Å². The molecule has 0 unspecified atom stereocenters. The highest BCUT2D eigenvalue weighted by atomic mass is 33.1. The molecule has 426 valence electrons. The van der Waals surface area contributed by atoms with Crippen LogP contribution in [-0.4, -0.2) is 153 Å².